The summed E-state index contributed by atoms with van der Waals surface area (Å²) in [5.74, 6) is -1.22. The first-order valence-corrected chi connectivity index (χ1v) is 9.87. The second-order valence-electron chi connectivity index (χ2n) is 6.60. The van der Waals surface area contributed by atoms with Gasteiger partial charge in [0.1, 0.15) is 11.4 Å². The van der Waals surface area contributed by atoms with E-state index in [1.165, 1.54) is 18.3 Å². The van der Waals surface area contributed by atoms with Crippen LogP contribution in [-0.4, -0.2) is 73.4 Å². The van der Waals surface area contributed by atoms with E-state index in [-0.39, 0.29) is 16.3 Å². The zero-order valence-electron chi connectivity index (χ0n) is 15.9. The zero-order chi connectivity index (χ0) is 20.6. The molecule has 2 aliphatic heterocycles. The molecule has 0 aliphatic carbocycles. The van der Waals surface area contributed by atoms with E-state index in [0.29, 0.717) is 11.5 Å². The van der Waals surface area contributed by atoms with E-state index in [4.69, 9.17) is 11.6 Å². The molecule has 0 atom stereocenters. The Morgan fingerprint density at radius 1 is 1.07 bits per heavy atom. The predicted molar refractivity (Wildman–Crippen MR) is 110 cm³/mol. The third-order valence-corrected chi connectivity index (χ3v) is 4.86. The minimum Gasteiger partial charge on any atom is -0.478 e. The molecule has 0 radical (unpaired) electrons. The molecule has 2 aliphatic rings. The number of hydrogen-bond donors (Lipinski definition) is 4. The molecular formula is C19H24ClFN6O2. The molecule has 0 spiro atoms. The van der Waals surface area contributed by atoms with Gasteiger partial charge in [0, 0.05) is 64.1 Å². The lowest BCUT2D eigenvalue weighted by atomic mass is 10.1. The van der Waals surface area contributed by atoms with Gasteiger partial charge in [-0.1, -0.05) is 11.6 Å². The van der Waals surface area contributed by atoms with Gasteiger partial charge in [-0.25, -0.2) is 19.2 Å². The lowest BCUT2D eigenvalue weighted by Gasteiger charge is -2.27. The second-order valence-corrected chi connectivity index (χ2v) is 7.01. The Balaban J connectivity index is 0.000000343. The number of anilines is 1. The van der Waals surface area contributed by atoms with E-state index in [2.05, 4.69) is 25.9 Å². The number of rotatable bonds is 3. The summed E-state index contributed by atoms with van der Waals surface area (Å²) in [4.78, 5) is 21.9. The van der Waals surface area contributed by atoms with Crippen molar-refractivity contribution >= 4 is 23.5 Å². The van der Waals surface area contributed by atoms with Gasteiger partial charge >= 0.3 is 5.97 Å². The number of carbonyl (C=O) groups is 1. The van der Waals surface area contributed by atoms with Crippen LogP contribution in [0.25, 0.3) is 11.3 Å². The molecule has 2 aromatic rings. The van der Waals surface area contributed by atoms with Gasteiger partial charge in [0.05, 0.1) is 10.7 Å². The Hall–Kier alpha value is -2.33. The van der Waals surface area contributed by atoms with Crippen LogP contribution in [-0.2, 0) is 0 Å². The topological polar surface area (TPSA) is 102 Å². The van der Waals surface area contributed by atoms with Crippen molar-refractivity contribution in [1.29, 1.82) is 0 Å². The number of piperazine rings is 2. The second kappa shape index (κ2) is 10.4. The molecule has 0 amide bonds. The smallest absolute Gasteiger partial charge is 0.339 e. The molecule has 2 fully saturated rings. The van der Waals surface area contributed by atoms with Crippen molar-refractivity contribution in [2.75, 3.05) is 57.3 Å². The number of halogens is 2. The average Bonchev–Trinajstić information content (AvgIpc) is 2.75. The number of carboxylic acids is 1. The highest BCUT2D eigenvalue weighted by Crippen LogP contribution is 2.30. The molecule has 156 valence electrons. The number of benzene rings is 1. The van der Waals surface area contributed by atoms with Gasteiger partial charge in [-0.3, -0.25) is 0 Å². The van der Waals surface area contributed by atoms with Crippen molar-refractivity contribution in [2.45, 2.75) is 0 Å². The molecule has 10 heteroatoms. The number of nitrogens with zero attached hydrogens (tertiary/aromatic N) is 3. The van der Waals surface area contributed by atoms with Crippen LogP contribution in [0.3, 0.4) is 0 Å². The highest BCUT2D eigenvalue weighted by molar-refractivity contribution is 6.33. The van der Waals surface area contributed by atoms with Crippen LogP contribution in [0.1, 0.15) is 10.4 Å². The standard InChI is InChI=1S/C15H14ClFN4O2.C4H10N2/c16-12-7-9(17)1-2-10(12)13-11(14(22)23)8-19-15(20-13)21-5-3-18-4-6-21;1-2-6-4-3-5-1/h1-2,7-8,18H,3-6H2,(H,22,23);5-6H,1-4H2. The van der Waals surface area contributed by atoms with Crippen molar-refractivity contribution < 1.29 is 14.3 Å². The summed E-state index contributed by atoms with van der Waals surface area (Å²) in [5, 5.41) is 19.1. The number of aromatic carboxylic acids is 1. The van der Waals surface area contributed by atoms with Crippen molar-refractivity contribution in [3.05, 3.63) is 40.8 Å². The summed E-state index contributed by atoms with van der Waals surface area (Å²) in [6.45, 7) is 7.61. The van der Waals surface area contributed by atoms with Crippen molar-refractivity contribution in [3.8, 4) is 11.3 Å². The van der Waals surface area contributed by atoms with Gasteiger partial charge < -0.3 is 26.0 Å². The summed E-state index contributed by atoms with van der Waals surface area (Å²) >= 11 is 6.06. The van der Waals surface area contributed by atoms with Crippen molar-refractivity contribution in [1.82, 2.24) is 25.9 Å². The minimum absolute atomic E-state index is 0.0719. The van der Waals surface area contributed by atoms with Crippen molar-refractivity contribution in [3.63, 3.8) is 0 Å². The number of carboxylic acid groups (broad SMARTS) is 1. The van der Waals surface area contributed by atoms with Gasteiger partial charge in [-0.2, -0.15) is 0 Å². The molecule has 8 nitrogen and oxygen atoms in total. The van der Waals surface area contributed by atoms with Crippen molar-refractivity contribution in [2.24, 2.45) is 0 Å². The molecule has 1 aromatic carbocycles. The number of nitrogens with one attached hydrogen (secondary N) is 3. The molecule has 4 rings (SSSR count). The van der Waals surface area contributed by atoms with Crippen LogP contribution in [0.15, 0.2) is 24.4 Å². The normalized spacial score (nSPS) is 16.7. The molecule has 0 bridgehead atoms. The van der Waals surface area contributed by atoms with Crippen LogP contribution in [0.5, 0.6) is 0 Å². The minimum atomic E-state index is -1.16. The lowest BCUT2D eigenvalue weighted by Crippen LogP contribution is -2.44. The largest absolute Gasteiger partial charge is 0.478 e. The van der Waals surface area contributed by atoms with Crippen LogP contribution in [0.4, 0.5) is 10.3 Å². The van der Waals surface area contributed by atoms with Gasteiger partial charge in [-0.15, -0.1) is 0 Å². The molecular weight excluding hydrogens is 399 g/mol. The molecule has 4 N–H and O–H groups in total. The monoisotopic (exact) mass is 422 g/mol. The van der Waals surface area contributed by atoms with Crippen LogP contribution in [0.2, 0.25) is 5.02 Å². The first-order valence-electron chi connectivity index (χ1n) is 9.49. The predicted octanol–water partition coefficient (Wildman–Crippen LogP) is 1.22. The fourth-order valence-corrected chi connectivity index (χ4v) is 3.29. The fourth-order valence-electron chi connectivity index (χ4n) is 3.04. The van der Waals surface area contributed by atoms with E-state index in [1.807, 2.05) is 4.90 Å². The SMILES string of the molecule is C1CNCCN1.O=C(O)c1cnc(N2CCNCC2)nc1-c1ccc(F)cc1Cl. The van der Waals surface area contributed by atoms with Gasteiger partial charge in [0.25, 0.3) is 0 Å². The highest BCUT2D eigenvalue weighted by Gasteiger charge is 2.21. The van der Waals surface area contributed by atoms with Crippen LogP contribution < -0.4 is 20.9 Å². The van der Waals surface area contributed by atoms with Gasteiger partial charge in [0.15, 0.2) is 0 Å². The highest BCUT2D eigenvalue weighted by atomic mass is 35.5. The maximum absolute atomic E-state index is 13.2. The van der Waals surface area contributed by atoms with Gasteiger partial charge in [-0.05, 0) is 18.2 Å². The molecule has 0 saturated carbocycles. The van der Waals surface area contributed by atoms with Crippen LogP contribution in [0, 0.1) is 5.82 Å². The Labute approximate surface area is 173 Å². The Kier molecular flexibility index (Phi) is 7.70. The van der Waals surface area contributed by atoms with E-state index in [0.717, 1.165) is 58.4 Å². The molecule has 0 unspecified atom stereocenters. The van der Waals surface area contributed by atoms with E-state index >= 15 is 0 Å². The molecule has 1 aromatic heterocycles. The summed E-state index contributed by atoms with van der Waals surface area (Å²) in [6, 6.07) is 3.78. The summed E-state index contributed by atoms with van der Waals surface area (Å²) in [5.41, 5.74) is 0.479. The maximum Gasteiger partial charge on any atom is 0.339 e. The van der Waals surface area contributed by atoms with E-state index < -0.39 is 11.8 Å². The summed E-state index contributed by atoms with van der Waals surface area (Å²) in [6.07, 6.45) is 1.27. The first kappa shape index (κ1) is 21.4. The maximum atomic E-state index is 13.2. The molecule has 29 heavy (non-hydrogen) atoms. The van der Waals surface area contributed by atoms with E-state index in [1.54, 1.807) is 0 Å². The lowest BCUT2D eigenvalue weighted by molar-refractivity contribution is 0.0697. The third-order valence-electron chi connectivity index (χ3n) is 4.55. The third kappa shape index (κ3) is 5.83. The fraction of sp³-hybridized carbons (Fsp3) is 0.421. The van der Waals surface area contributed by atoms with Gasteiger partial charge in [0.2, 0.25) is 5.95 Å². The molecule has 2 saturated heterocycles. The Morgan fingerprint density at radius 2 is 1.69 bits per heavy atom. The van der Waals surface area contributed by atoms with Crippen LogP contribution >= 0.6 is 11.6 Å². The Bertz CT molecular complexity index is 832. The number of aromatic nitrogens is 2. The number of hydrogen-bond acceptors (Lipinski definition) is 7. The molecule has 3 heterocycles. The van der Waals surface area contributed by atoms with E-state index in [9.17, 15) is 14.3 Å². The first-order chi connectivity index (χ1) is 14.1. The zero-order valence-corrected chi connectivity index (χ0v) is 16.7. The average molecular weight is 423 g/mol. The summed E-state index contributed by atoms with van der Waals surface area (Å²) < 4.78 is 13.2. The summed E-state index contributed by atoms with van der Waals surface area (Å²) in [7, 11) is 0. The Morgan fingerprint density at radius 3 is 2.24 bits per heavy atom. The quantitative estimate of drug-likeness (QED) is 0.585.